The summed E-state index contributed by atoms with van der Waals surface area (Å²) >= 11 is 0. The van der Waals surface area contributed by atoms with Crippen LogP contribution in [0, 0.1) is 18.3 Å². The van der Waals surface area contributed by atoms with Crippen molar-refractivity contribution in [3.8, 4) is 34.2 Å². The molecular weight excluding hydrogens is 642 g/mol. The van der Waals surface area contributed by atoms with E-state index in [1.807, 2.05) is 87.7 Å². The number of esters is 1. The number of nitriles is 1. The van der Waals surface area contributed by atoms with E-state index in [1.54, 1.807) is 12.1 Å². The first-order valence-electron chi connectivity index (χ1n) is 17.4. The lowest BCUT2D eigenvalue weighted by molar-refractivity contribution is -0.164. The maximum atomic E-state index is 13.4. The summed E-state index contributed by atoms with van der Waals surface area (Å²) in [6.45, 7) is 21.2. The highest BCUT2D eigenvalue weighted by Gasteiger charge is 2.38. The highest BCUT2D eigenvalue weighted by molar-refractivity contribution is 5.81. The van der Waals surface area contributed by atoms with Crippen molar-refractivity contribution >= 4 is 17.4 Å². The van der Waals surface area contributed by atoms with Crippen molar-refractivity contribution in [2.45, 2.75) is 84.2 Å². The van der Waals surface area contributed by atoms with Crippen LogP contribution >= 0.6 is 0 Å². The summed E-state index contributed by atoms with van der Waals surface area (Å²) in [7, 11) is 1.37. The molecule has 4 aromatic rings. The lowest BCUT2D eigenvalue weighted by atomic mass is 9.92. The molecule has 2 atom stereocenters. The lowest BCUT2D eigenvalue weighted by Gasteiger charge is -2.41. The summed E-state index contributed by atoms with van der Waals surface area (Å²) in [5, 5.41) is 14.8. The van der Waals surface area contributed by atoms with E-state index >= 15 is 0 Å². The van der Waals surface area contributed by atoms with Crippen molar-refractivity contribution in [3.63, 3.8) is 0 Å². The van der Waals surface area contributed by atoms with Gasteiger partial charge in [-0.1, -0.05) is 30.4 Å². The van der Waals surface area contributed by atoms with Gasteiger partial charge in [0, 0.05) is 42.4 Å². The molecule has 1 aliphatic rings. The molecule has 1 saturated heterocycles. The van der Waals surface area contributed by atoms with Crippen LogP contribution in [0.25, 0.3) is 28.0 Å². The van der Waals surface area contributed by atoms with Crippen LogP contribution in [0.3, 0.4) is 0 Å². The van der Waals surface area contributed by atoms with Crippen molar-refractivity contribution < 1.29 is 23.7 Å². The average Bonchev–Trinajstić information content (AvgIpc) is 3.53. The number of anilines is 1. The molecule has 0 aliphatic carbocycles. The molecule has 3 heterocycles. The molecule has 1 fully saturated rings. The molecule has 10 nitrogen and oxygen atoms in total. The van der Waals surface area contributed by atoms with Crippen molar-refractivity contribution in [3.05, 3.63) is 90.7 Å². The predicted molar refractivity (Wildman–Crippen MR) is 200 cm³/mol. The molecule has 268 valence electrons. The number of hydrogen-bond acceptors (Lipinski definition) is 9. The van der Waals surface area contributed by atoms with Crippen LogP contribution in [0.4, 0.5) is 5.82 Å². The zero-order chi connectivity index (χ0) is 36.9. The lowest BCUT2D eigenvalue weighted by Crippen LogP contribution is -2.45. The number of carbonyl (C=O) groups excluding carboxylic acids is 1. The first-order chi connectivity index (χ1) is 24.3. The quantitative estimate of drug-likeness (QED) is 0.101. The number of benzene rings is 2. The molecule has 0 N–H and O–H groups in total. The largest absolute Gasteiger partial charge is 0.490 e. The first-order valence-corrected chi connectivity index (χ1v) is 17.4. The second-order valence-corrected chi connectivity index (χ2v) is 14.3. The highest BCUT2D eigenvalue weighted by atomic mass is 16.6. The number of nitrogens with zero attached hydrogens (tertiary/aromatic N) is 5. The van der Waals surface area contributed by atoms with Crippen molar-refractivity contribution in [1.29, 1.82) is 5.26 Å². The molecule has 0 radical (unpaired) electrons. The molecular formula is C41H49N5O5. The molecule has 2 aromatic carbocycles. The van der Waals surface area contributed by atoms with Crippen LogP contribution < -0.4 is 9.64 Å². The molecule has 2 aromatic heterocycles. The van der Waals surface area contributed by atoms with Crippen LogP contribution in [-0.4, -0.2) is 64.7 Å². The molecule has 51 heavy (non-hydrogen) atoms. The third kappa shape index (κ3) is 8.50. The van der Waals surface area contributed by atoms with Crippen LogP contribution in [0.2, 0.25) is 0 Å². The number of aryl methyl sites for hydroxylation is 1. The van der Waals surface area contributed by atoms with Crippen molar-refractivity contribution in [1.82, 2.24) is 14.6 Å². The normalized spacial score (nSPS) is 15.5. The number of aromatic nitrogens is 3. The molecule has 5 rings (SSSR count). The van der Waals surface area contributed by atoms with Crippen LogP contribution in [-0.2, 0) is 19.0 Å². The second-order valence-electron chi connectivity index (χ2n) is 14.3. The van der Waals surface area contributed by atoms with E-state index in [9.17, 15) is 10.1 Å². The fourth-order valence-electron chi connectivity index (χ4n) is 6.42. The van der Waals surface area contributed by atoms with Gasteiger partial charge in [-0.15, -0.1) is 13.2 Å². The summed E-state index contributed by atoms with van der Waals surface area (Å²) in [5.74, 6) is 0.909. The van der Waals surface area contributed by atoms with E-state index in [2.05, 4.69) is 31.1 Å². The number of ether oxygens (including phenoxy) is 4. The SMILES string of the molecule is C=CCOC1(C)CCN(c2c([C@H](OC(C)(C)C)C(=O)OC)c(C)nc3cc(-c4cccc(-c5cc(C#N)ccc5O[C@@H](C)CC=C)c4)nn23)CC1. The van der Waals surface area contributed by atoms with Gasteiger partial charge in [-0.05, 0) is 84.2 Å². The van der Waals surface area contributed by atoms with Gasteiger partial charge in [0.2, 0.25) is 0 Å². The second kappa shape index (κ2) is 15.5. The van der Waals surface area contributed by atoms with Crippen molar-refractivity contribution in [2.24, 2.45) is 0 Å². The smallest absolute Gasteiger partial charge is 0.339 e. The van der Waals surface area contributed by atoms with Crippen LogP contribution in [0.15, 0.2) is 73.8 Å². The Hall–Kier alpha value is -4.98. The van der Waals surface area contributed by atoms with Gasteiger partial charge < -0.3 is 23.8 Å². The summed E-state index contributed by atoms with van der Waals surface area (Å²) in [6.07, 6.45) is 4.70. The van der Waals surface area contributed by atoms with E-state index in [4.69, 9.17) is 29.0 Å². The van der Waals surface area contributed by atoms with Gasteiger partial charge in [0.15, 0.2) is 11.8 Å². The fraction of sp³-hybridized carbons (Fsp3) is 0.415. The van der Waals surface area contributed by atoms with Crippen molar-refractivity contribution in [2.75, 3.05) is 31.7 Å². The maximum Gasteiger partial charge on any atom is 0.339 e. The Bertz CT molecular complexity index is 1940. The zero-order valence-corrected chi connectivity index (χ0v) is 30.9. The fourth-order valence-corrected chi connectivity index (χ4v) is 6.42. The maximum absolute atomic E-state index is 13.4. The Kier molecular flexibility index (Phi) is 11.3. The Morgan fingerprint density at radius 2 is 1.82 bits per heavy atom. The number of carbonyl (C=O) groups is 1. The average molecular weight is 692 g/mol. The molecule has 10 heteroatoms. The molecule has 1 aliphatic heterocycles. The minimum Gasteiger partial charge on any atom is -0.490 e. The van der Waals surface area contributed by atoms with E-state index < -0.39 is 17.7 Å². The van der Waals surface area contributed by atoms with Gasteiger partial charge in [-0.25, -0.2) is 9.78 Å². The molecule has 0 spiro atoms. The van der Waals surface area contributed by atoms with E-state index in [1.165, 1.54) is 7.11 Å². The molecule has 0 saturated carbocycles. The van der Waals surface area contributed by atoms with Gasteiger partial charge >= 0.3 is 5.97 Å². The Morgan fingerprint density at radius 3 is 2.47 bits per heavy atom. The third-order valence-electron chi connectivity index (χ3n) is 9.03. The number of piperidine rings is 1. The van der Waals surface area contributed by atoms with E-state index in [-0.39, 0.29) is 11.7 Å². The Labute approximate surface area is 301 Å². The van der Waals surface area contributed by atoms with Gasteiger partial charge in [-0.3, -0.25) is 0 Å². The van der Waals surface area contributed by atoms with Gasteiger partial charge in [0.05, 0.1) is 53.9 Å². The van der Waals surface area contributed by atoms with E-state index in [0.29, 0.717) is 60.0 Å². The predicted octanol–water partition coefficient (Wildman–Crippen LogP) is 8.18. The van der Waals surface area contributed by atoms with Gasteiger partial charge in [-0.2, -0.15) is 14.9 Å². The summed E-state index contributed by atoms with van der Waals surface area (Å²) in [4.78, 5) is 20.6. The van der Waals surface area contributed by atoms with Gasteiger partial charge in [0.25, 0.3) is 0 Å². The summed E-state index contributed by atoms with van der Waals surface area (Å²) < 4.78 is 26.0. The van der Waals surface area contributed by atoms with E-state index in [0.717, 1.165) is 35.3 Å². The highest BCUT2D eigenvalue weighted by Crippen LogP contribution is 2.39. The van der Waals surface area contributed by atoms with Gasteiger partial charge in [0.1, 0.15) is 11.6 Å². The number of fused-ring (bicyclic) bond motifs is 1. The number of methoxy groups -OCH3 is 1. The Morgan fingerprint density at radius 1 is 1.10 bits per heavy atom. The number of hydrogen-bond donors (Lipinski definition) is 0. The summed E-state index contributed by atoms with van der Waals surface area (Å²) in [6, 6.07) is 17.7. The standard InChI is InChI=1S/C41H49N5O5/c1-10-13-27(3)50-34-17-16-29(26-42)23-32(34)30-14-12-15-31(24-30)33-25-35-43-28(4)36(37(39(47)48-9)51-40(5,6)7)38(46(35)44-33)45-20-18-41(8,19-21-45)49-22-11-2/h10-12,14-17,23-25,27,37H,1-2,13,18-22H2,3-9H3/t27-,37-/m0/s1. The Balaban J connectivity index is 1.65. The zero-order valence-electron chi connectivity index (χ0n) is 30.9. The van der Waals surface area contributed by atoms with Crippen LogP contribution in [0.1, 0.15) is 76.8 Å². The number of rotatable bonds is 13. The topological polar surface area (TPSA) is 111 Å². The molecule has 0 amide bonds. The molecule has 0 bridgehead atoms. The van der Waals surface area contributed by atoms with Crippen LogP contribution in [0.5, 0.6) is 5.75 Å². The monoisotopic (exact) mass is 691 g/mol. The third-order valence-corrected chi connectivity index (χ3v) is 9.03. The summed E-state index contributed by atoms with van der Waals surface area (Å²) in [5.41, 5.74) is 4.73. The first kappa shape index (κ1) is 37.3. The minimum atomic E-state index is -1.03. The minimum absolute atomic E-state index is 0.0879. The molecule has 0 unspecified atom stereocenters.